The minimum absolute atomic E-state index is 1.01. The number of fused-ring (bicyclic) bond motifs is 7. The van der Waals surface area contributed by atoms with Crippen LogP contribution in [0.1, 0.15) is 11.1 Å². The summed E-state index contributed by atoms with van der Waals surface area (Å²) in [6.07, 6.45) is 1.01. The first-order valence-corrected chi connectivity index (χ1v) is 19.5. The van der Waals surface area contributed by atoms with Gasteiger partial charge in [-0.3, -0.25) is 0 Å². The maximum Gasteiger partial charge on any atom is 0.0462 e. The molecule has 56 heavy (non-hydrogen) atoms. The van der Waals surface area contributed by atoms with Crippen LogP contribution in [-0.4, -0.2) is 0 Å². The van der Waals surface area contributed by atoms with Gasteiger partial charge in [0.2, 0.25) is 0 Å². The minimum atomic E-state index is 1.01. The molecule has 1 nitrogen and oxygen atoms in total. The molecule has 262 valence electrons. The maximum absolute atomic E-state index is 2.37. The van der Waals surface area contributed by atoms with Crippen LogP contribution in [-0.2, 0) is 6.42 Å². The van der Waals surface area contributed by atoms with Gasteiger partial charge in [0.1, 0.15) is 0 Å². The molecule has 0 radical (unpaired) electrons. The van der Waals surface area contributed by atoms with Gasteiger partial charge >= 0.3 is 0 Å². The number of anilines is 3. The van der Waals surface area contributed by atoms with Crippen molar-refractivity contribution >= 4 is 49.4 Å². The second kappa shape index (κ2) is 13.3. The van der Waals surface area contributed by atoms with Gasteiger partial charge in [-0.15, -0.1) is 0 Å². The van der Waals surface area contributed by atoms with Crippen molar-refractivity contribution in [3.05, 3.63) is 223 Å². The Labute approximate surface area is 327 Å². The van der Waals surface area contributed by atoms with Crippen molar-refractivity contribution in [2.45, 2.75) is 6.42 Å². The molecule has 0 amide bonds. The highest BCUT2D eigenvalue weighted by molar-refractivity contribution is 6.13. The Balaban J connectivity index is 0.983. The summed E-state index contributed by atoms with van der Waals surface area (Å²) in [5.41, 5.74) is 16.2. The van der Waals surface area contributed by atoms with Crippen molar-refractivity contribution in [3.63, 3.8) is 0 Å². The average Bonchev–Trinajstić information content (AvgIpc) is 3.65. The molecule has 0 aliphatic heterocycles. The van der Waals surface area contributed by atoms with Crippen LogP contribution >= 0.6 is 0 Å². The van der Waals surface area contributed by atoms with E-state index in [1.54, 1.807) is 0 Å². The maximum atomic E-state index is 2.37. The number of nitrogens with zero attached hydrogens (tertiary/aromatic N) is 1. The van der Waals surface area contributed by atoms with Crippen LogP contribution in [0.15, 0.2) is 212 Å². The van der Waals surface area contributed by atoms with E-state index in [-0.39, 0.29) is 0 Å². The molecule has 0 N–H and O–H groups in total. The third kappa shape index (κ3) is 5.56. The molecular weight excluding hydrogens is 675 g/mol. The lowest BCUT2D eigenvalue weighted by atomic mass is 9.93. The average molecular weight is 712 g/mol. The van der Waals surface area contributed by atoms with Gasteiger partial charge in [0.15, 0.2) is 0 Å². The molecule has 0 heterocycles. The molecule has 0 aromatic heterocycles. The molecule has 0 unspecified atom stereocenters. The van der Waals surface area contributed by atoms with Crippen molar-refractivity contribution in [2.75, 3.05) is 4.90 Å². The van der Waals surface area contributed by atoms with Gasteiger partial charge in [0.05, 0.1) is 0 Å². The Morgan fingerprint density at radius 2 is 0.768 bits per heavy atom. The number of benzene rings is 10. The summed E-state index contributed by atoms with van der Waals surface area (Å²) in [5.74, 6) is 0. The molecule has 1 aliphatic carbocycles. The van der Waals surface area contributed by atoms with Crippen LogP contribution in [0, 0.1) is 0 Å². The van der Waals surface area contributed by atoms with Crippen LogP contribution in [0.25, 0.3) is 76.8 Å². The number of rotatable bonds is 6. The molecule has 11 rings (SSSR count). The molecule has 0 saturated carbocycles. The predicted molar refractivity (Wildman–Crippen MR) is 238 cm³/mol. The summed E-state index contributed by atoms with van der Waals surface area (Å²) in [6.45, 7) is 0. The fraction of sp³-hybridized carbons (Fsp3) is 0.0182. The van der Waals surface area contributed by atoms with Gasteiger partial charge in [-0.05, 0) is 149 Å². The van der Waals surface area contributed by atoms with E-state index in [1.807, 2.05) is 0 Å². The molecule has 0 bridgehead atoms. The normalized spacial score (nSPS) is 11.9. The SMILES string of the molecule is c1ccc2c(c1)Cc1ccc(-c3ccc(N(c4ccc(-c5ccc6ccccc6c5)cc4)c4ccc(-c5cc6ccccc6c6ccccc56)cc4)cc3)cc1-2. The smallest absolute Gasteiger partial charge is 0.0462 e. The van der Waals surface area contributed by atoms with E-state index in [0.29, 0.717) is 0 Å². The standard InChI is InChI=1S/C55H37N/c1-2-10-41-33-42(18-17-37(41)9-1)38-21-27-47(28-22-38)56(48-29-23-39(24-30-48)43-19-20-46-34-44-11-3-6-14-51(44)55(46)35-43)49-31-25-40(26-32-49)54-36-45-12-4-5-13-50(45)52-15-7-8-16-53(52)54/h1-33,35-36H,34H2. The monoisotopic (exact) mass is 711 g/mol. The Bertz CT molecular complexity index is 3080. The lowest BCUT2D eigenvalue weighted by Crippen LogP contribution is -2.09. The van der Waals surface area contributed by atoms with Gasteiger partial charge in [0, 0.05) is 17.1 Å². The van der Waals surface area contributed by atoms with E-state index in [0.717, 1.165) is 23.5 Å². The van der Waals surface area contributed by atoms with Gasteiger partial charge in [-0.1, -0.05) is 158 Å². The second-order valence-electron chi connectivity index (χ2n) is 14.9. The fourth-order valence-electron chi connectivity index (χ4n) is 8.81. The molecule has 0 spiro atoms. The summed E-state index contributed by atoms with van der Waals surface area (Å²) in [7, 11) is 0. The van der Waals surface area contributed by atoms with Gasteiger partial charge < -0.3 is 4.90 Å². The molecular formula is C55H37N. The lowest BCUT2D eigenvalue weighted by Gasteiger charge is -2.26. The molecule has 10 aromatic rings. The highest BCUT2D eigenvalue weighted by Gasteiger charge is 2.19. The quantitative estimate of drug-likeness (QED) is 0.155. The molecule has 0 fully saturated rings. The van der Waals surface area contributed by atoms with Crippen molar-refractivity contribution in [3.8, 4) is 44.5 Å². The fourth-order valence-corrected chi connectivity index (χ4v) is 8.81. The predicted octanol–water partition coefficient (Wildman–Crippen LogP) is 15.2. The van der Waals surface area contributed by atoms with E-state index in [9.17, 15) is 0 Å². The van der Waals surface area contributed by atoms with Crippen molar-refractivity contribution < 1.29 is 0 Å². The summed E-state index contributed by atoms with van der Waals surface area (Å²) in [4.78, 5) is 2.37. The molecule has 0 atom stereocenters. The zero-order valence-corrected chi connectivity index (χ0v) is 30.9. The van der Waals surface area contributed by atoms with Crippen LogP contribution < -0.4 is 4.90 Å². The first-order valence-electron chi connectivity index (χ1n) is 19.5. The zero-order valence-electron chi connectivity index (χ0n) is 30.9. The minimum Gasteiger partial charge on any atom is -0.311 e. The molecule has 1 heteroatoms. The van der Waals surface area contributed by atoms with E-state index in [2.05, 4.69) is 217 Å². The van der Waals surface area contributed by atoms with E-state index in [4.69, 9.17) is 0 Å². The molecule has 1 aliphatic rings. The summed E-state index contributed by atoms with van der Waals surface area (Å²) < 4.78 is 0. The first kappa shape index (κ1) is 32.2. The third-order valence-electron chi connectivity index (χ3n) is 11.7. The van der Waals surface area contributed by atoms with Crippen molar-refractivity contribution in [1.82, 2.24) is 0 Å². The van der Waals surface area contributed by atoms with E-state index in [1.165, 1.54) is 88.0 Å². The molecule has 10 aromatic carbocycles. The Hall–Kier alpha value is -7.22. The number of hydrogen-bond acceptors (Lipinski definition) is 1. The first-order chi connectivity index (χ1) is 27.7. The topological polar surface area (TPSA) is 3.24 Å². The van der Waals surface area contributed by atoms with Gasteiger partial charge in [-0.2, -0.15) is 0 Å². The van der Waals surface area contributed by atoms with E-state index >= 15 is 0 Å². The van der Waals surface area contributed by atoms with Crippen LogP contribution in [0.5, 0.6) is 0 Å². The van der Waals surface area contributed by atoms with Crippen LogP contribution in [0.4, 0.5) is 17.1 Å². The van der Waals surface area contributed by atoms with Gasteiger partial charge in [-0.25, -0.2) is 0 Å². The van der Waals surface area contributed by atoms with Gasteiger partial charge in [0.25, 0.3) is 0 Å². The largest absolute Gasteiger partial charge is 0.311 e. The summed E-state index contributed by atoms with van der Waals surface area (Å²) >= 11 is 0. The highest BCUT2D eigenvalue weighted by Crippen LogP contribution is 2.42. The second-order valence-corrected chi connectivity index (χ2v) is 14.9. The summed E-state index contributed by atoms with van der Waals surface area (Å²) in [5, 5.41) is 7.60. The molecule has 0 saturated heterocycles. The Morgan fingerprint density at radius 3 is 1.48 bits per heavy atom. The van der Waals surface area contributed by atoms with Crippen molar-refractivity contribution in [2.24, 2.45) is 0 Å². The summed E-state index contributed by atoms with van der Waals surface area (Å²) in [6, 6.07) is 78.0. The van der Waals surface area contributed by atoms with Crippen molar-refractivity contribution in [1.29, 1.82) is 0 Å². The zero-order chi connectivity index (χ0) is 37.0. The Morgan fingerprint density at radius 1 is 0.268 bits per heavy atom. The van der Waals surface area contributed by atoms with E-state index < -0.39 is 0 Å². The number of hydrogen-bond donors (Lipinski definition) is 0. The third-order valence-corrected chi connectivity index (χ3v) is 11.7. The lowest BCUT2D eigenvalue weighted by molar-refractivity contribution is 1.26. The Kier molecular flexibility index (Phi) is 7.64. The van der Waals surface area contributed by atoms with Crippen LogP contribution in [0.2, 0.25) is 0 Å². The van der Waals surface area contributed by atoms with Crippen LogP contribution in [0.3, 0.4) is 0 Å². The highest BCUT2D eigenvalue weighted by atomic mass is 15.1.